The van der Waals surface area contributed by atoms with E-state index in [4.69, 9.17) is 0 Å². The summed E-state index contributed by atoms with van der Waals surface area (Å²) < 4.78 is 0. The molecule has 1 N–H and O–H groups in total. The summed E-state index contributed by atoms with van der Waals surface area (Å²) in [5.74, 6) is 0.0812. The number of carbonyl (C=O) groups excluding carboxylic acids is 2. The fourth-order valence-corrected chi connectivity index (χ4v) is 3.80. The lowest BCUT2D eigenvalue weighted by Crippen LogP contribution is -2.30. The number of fused-ring (bicyclic) bond motifs is 2. The van der Waals surface area contributed by atoms with Gasteiger partial charge in [0, 0.05) is 24.7 Å². The van der Waals surface area contributed by atoms with Crippen LogP contribution >= 0.6 is 0 Å². The SMILES string of the molecule is CN(C(=O)c1ccc2c(c1)CCC(=O)N2)[C@H]1CCc2ccccc21. The highest BCUT2D eigenvalue weighted by Gasteiger charge is 2.29. The first kappa shape index (κ1) is 14.9. The fourth-order valence-electron chi connectivity index (χ4n) is 3.80. The molecule has 24 heavy (non-hydrogen) atoms. The van der Waals surface area contributed by atoms with Crippen molar-refractivity contribution in [3.63, 3.8) is 0 Å². The van der Waals surface area contributed by atoms with Crippen LogP contribution in [0.5, 0.6) is 0 Å². The highest BCUT2D eigenvalue weighted by molar-refractivity contribution is 5.98. The third-order valence-corrected chi connectivity index (χ3v) is 5.14. The van der Waals surface area contributed by atoms with Crippen molar-refractivity contribution in [1.82, 2.24) is 4.90 Å². The van der Waals surface area contributed by atoms with Crippen molar-refractivity contribution < 1.29 is 9.59 Å². The Labute approximate surface area is 141 Å². The highest BCUT2D eigenvalue weighted by Crippen LogP contribution is 2.35. The van der Waals surface area contributed by atoms with Gasteiger partial charge < -0.3 is 10.2 Å². The minimum Gasteiger partial charge on any atom is -0.335 e. The van der Waals surface area contributed by atoms with Crippen LogP contribution in [0.15, 0.2) is 42.5 Å². The fraction of sp³-hybridized carbons (Fsp3) is 0.300. The minimum atomic E-state index is 0.0383. The molecule has 0 unspecified atom stereocenters. The summed E-state index contributed by atoms with van der Waals surface area (Å²) in [6, 6.07) is 14.1. The molecule has 2 aromatic rings. The molecular formula is C20H20N2O2. The van der Waals surface area contributed by atoms with Crippen molar-refractivity contribution in [1.29, 1.82) is 0 Å². The van der Waals surface area contributed by atoms with Crippen LogP contribution in [0.1, 0.15) is 45.9 Å². The molecule has 2 aromatic carbocycles. The minimum absolute atomic E-state index is 0.0383. The number of nitrogens with one attached hydrogen (secondary N) is 1. The van der Waals surface area contributed by atoms with Gasteiger partial charge in [0.15, 0.2) is 0 Å². The average Bonchev–Trinajstić information content (AvgIpc) is 3.04. The maximum atomic E-state index is 12.9. The summed E-state index contributed by atoms with van der Waals surface area (Å²) >= 11 is 0. The summed E-state index contributed by atoms with van der Waals surface area (Å²) in [5.41, 5.74) is 5.17. The number of hydrogen-bond acceptors (Lipinski definition) is 2. The van der Waals surface area contributed by atoms with Crippen molar-refractivity contribution in [3.05, 3.63) is 64.7 Å². The Morgan fingerprint density at radius 2 is 1.92 bits per heavy atom. The van der Waals surface area contributed by atoms with E-state index in [0.717, 1.165) is 24.1 Å². The molecule has 0 saturated heterocycles. The molecule has 0 spiro atoms. The summed E-state index contributed by atoms with van der Waals surface area (Å²) in [5, 5.41) is 2.86. The van der Waals surface area contributed by atoms with Crippen LogP contribution in [-0.2, 0) is 17.6 Å². The molecule has 0 radical (unpaired) electrons. The van der Waals surface area contributed by atoms with E-state index in [1.807, 2.05) is 36.2 Å². The maximum absolute atomic E-state index is 12.9. The summed E-state index contributed by atoms with van der Waals surface area (Å²) in [4.78, 5) is 26.2. The van der Waals surface area contributed by atoms with E-state index in [2.05, 4.69) is 23.5 Å². The van der Waals surface area contributed by atoms with E-state index in [1.54, 1.807) is 0 Å². The van der Waals surface area contributed by atoms with Crippen LogP contribution in [0, 0.1) is 0 Å². The number of aryl methyl sites for hydroxylation is 2. The van der Waals surface area contributed by atoms with Crippen LogP contribution < -0.4 is 5.32 Å². The van der Waals surface area contributed by atoms with Crippen molar-refractivity contribution >= 4 is 17.5 Å². The number of nitrogens with zero attached hydrogens (tertiary/aromatic N) is 1. The number of rotatable bonds is 2. The van der Waals surface area contributed by atoms with E-state index in [1.165, 1.54) is 11.1 Å². The molecule has 2 aliphatic rings. The predicted octanol–water partition coefficient (Wildman–Crippen LogP) is 3.33. The number of carbonyl (C=O) groups is 2. The van der Waals surface area contributed by atoms with Gasteiger partial charge >= 0.3 is 0 Å². The Morgan fingerprint density at radius 3 is 2.79 bits per heavy atom. The van der Waals surface area contributed by atoms with Crippen molar-refractivity contribution in [3.8, 4) is 0 Å². The largest absolute Gasteiger partial charge is 0.335 e. The summed E-state index contributed by atoms with van der Waals surface area (Å²) in [6.07, 6.45) is 3.17. The molecule has 2 amide bonds. The standard InChI is InChI=1S/C20H20N2O2/c1-22(18-10-7-13-4-2-3-5-16(13)18)20(24)15-6-9-17-14(12-15)8-11-19(23)21-17/h2-6,9,12,18H,7-8,10-11H2,1H3,(H,21,23)/t18-/m0/s1. The molecule has 1 atom stereocenters. The molecule has 4 heteroatoms. The van der Waals surface area contributed by atoms with Gasteiger partial charge in [0.05, 0.1) is 6.04 Å². The van der Waals surface area contributed by atoms with Gasteiger partial charge in [-0.2, -0.15) is 0 Å². The second kappa shape index (κ2) is 5.78. The van der Waals surface area contributed by atoms with E-state index < -0.39 is 0 Å². The Balaban J connectivity index is 1.59. The first-order valence-electron chi connectivity index (χ1n) is 8.41. The Bertz CT molecular complexity index is 828. The molecule has 1 aliphatic heterocycles. The van der Waals surface area contributed by atoms with Crippen LogP contribution in [0.4, 0.5) is 5.69 Å². The van der Waals surface area contributed by atoms with Crippen molar-refractivity contribution in [2.45, 2.75) is 31.7 Å². The first-order valence-corrected chi connectivity index (χ1v) is 8.41. The number of amides is 2. The zero-order valence-corrected chi connectivity index (χ0v) is 13.7. The quantitative estimate of drug-likeness (QED) is 0.922. The Hall–Kier alpha value is -2.62. The van der Waals surface area contributed by atoms with Gasteiger partial charge in [-0.3, -0.25) is 9.59 Å². The lowest BCUT2D eigenvalue weighted by molar-refractivity contribution is -0.116. The molecular weight excluding hydrogens is 300 g/mol. The van der Waals surface area contributed by atoms with Crippen LogP contribution in [0.25, 0.3) is 0 Å². The molecule has 4 nitrogen and oxygen atoms in total. The van der Waals surface area contributed by atoms with Gasteiger partial charge in [0.1, 0.15) is 0 Å². The van der Waals surface area contributed by atoms with Crippen molar-refractivity contribution in [2.24, 2.45) is 0 Å². The number of hydrogen-bond donors (Lipinski definition) is 1. The van der Waals surface area contributed by atoms with Crippen LogP contribution in [0.3, 0.4) is 0 Å². The van der Waals surface area contributed by atoms with Gasteiger partial charge in [-0.05, 0) is 54.2 Å². The second-order valence-electron chi connectivity index (χ2n) is 6.59. The molecule has 122 valence electrons. The Morgan fingerprint density at radius 1 is 1.08 bits per heavy atom. The first-order chi connectivity index (χ1) is 11.6. The topological polar surface area (TPSA) is 49.4 Å². The molecule has 1 aliphatic carbocycles. The second-order valence-corrected chi connectivity index (χ2v) is 6.59. The molecule has 0 aromatic heterocycles. The Kier molecular flexibility index (Phi) is 3.60. The third-order valence-electron chi connectivity index (χ3n) is 5.14. The van der Waals surface area contributed by atoms with Gasteiger partial charge in [0.25, 0.3) is 5.91 Å². The van der Waals surface area contributed by atoms with Crippen LogP contribution in [0.2, 0.25) is 0 Å². The highest BCUT2D eigenvalue weighted by atomic mass is 16.2. The average molecular weight is 320 g/mol. The van der Waals surface area contributed by atoms with E-state index in [-0.39, 0.29) is 17.9 Å². The van der Waals surface area contributed by atoms with Gasteiger partial charge in [-0.1, -0.05) is 24.3 Å². The number of benzene rings is 2. The molecule has 0 bridgehead atoms. The normalized spacial score (nSPS) is 18.5. The smallest absolute Gasteiger partial charge is 0.254 e. The predicted molar refractivity (Wildman–Crippen MR) is 93.0 cm³/mol. The van der Waals surface area contributed by atoms with Gasteiger partial charge in [0.2, 0.25) is 5.91 Å². The molecule has 4 rings (SSSR count). The monoisotopic (exact) mass is 320 g/mol. The van der Waals surface area contributed by atoms with E-state index in [0.29, 0.717) is 18.4 Å². The van der Waals surface area contributed by atoms with E-state index in [9.17, 15) is 9.59 Å². The number of anilines is 1. The van der Waals surface area contributed by atoms with Crippen LogP contribution in [-0.4, -0.2) is 23.8 Å². The lowest BCUT2D eigenvalue weighted by Gasteiger charge is -2.26. The zero-order valence-electron chi connectivity index (χ0n) is 13.7. The molecule has 1 heterocycles. The zero-order chi connectivity index (χ0) is 16.7. The maximum Gasteiger partial charge on any atom is 0.254 e. The third kappa shape index (κ3) is 2.48. The van der Waals surface area contributed by atoms with Gasteiger partial charge in [-0.25, -0.2) is 0 Å². The summed E-state index contributed by atoms with van der Waals surface area (Å²) in [7, 11) is 1.89. The summed E-state index contributed by atoms with van der Waals surface area (Å²) in [6.45, 7) is 0. The molecule has 0 fully saturated rings. The molecule has 0 saturated carbocycles. The van der Waals surface area contributed by atoms with E-state index >= 15 is 0 Å². The van der Waals surface area contributed by atoms with Gasteiger partial charge in [-0.15, -0.1) is 0 Å². The lowest BCUT2D eigenvalue weighted by atomic mass is 9.99. The van der Waals surface area contributed by atoms with Crippen molar-refractivity contribution in [2.75, 3.05) is 12.4 Å².